The lowest BCUT2D eigenvalue weighted by Crippen LogP contribution is -2.06. The summed E-state index contributed by atoms with van der Waals surface area (Å²) in [5.41, 5.74) is 0.939. The number of anilines is 1. The second-order valence-electron chi connectivity index (χ2n) is 3.31. The van der Waals surface area contributed by atoms with Gasteiger partial charge in [0, 0.05) is 17.5 Å². The van der Waals surface area contributed by atoms with Crippen molar-refractivity contribution in [2.45, 2.75) is 31.0 Å². The lowest BCUT2D eigenvalue weighted by atomic mass is 10.4. The molecule has 4 nitrogen and oxygen atoms in total. The fourth-order valence-electron chi connectivity index (χ4n) is 1.08. The van der Waals surface area contributed by atoms with Crippen LogP contribution in [0.5, 0.6) is 0 Å². The van der Waals surface area contributed by atoms with Crippen molar-refractivity contribution in [1.29, 1.82) is 0 Å². The van der Waals surface area contributed by atoms with E-state index in [1.807, 2.05) is 26.8 Å². The first-order valence-corrected chi connectivity index (χ1v) is 5.90. The maximum atomic E-state index is 8.96. The summed E-state index contributed by atoms with van der Waals surface area (Å²) in [6, 6.07) is 1.93. The van der Waals surface area contributed by atoms with E-state index in [0.717, 1.165) is 17.3 Å². The number of aryl methyl sites for hydroxylation is 1. The normalized spacial score (nSPS) is 12.5. The quantitative estimate of drug-likeness (QED) is 0.592. The molecule has 0 aliphatic carbocycles. The number of hydrogen-bond donors (Lipinski definition) is 2. The summed E-state index contributed by atoms with van der Waals surface area (Å²) in [5.74, 6) is 0.658. The molecule has 1 atom stereocenters. The molecule has 2 N–H and O–H groups in total. The Bertz CT molecular complexity index is 320. The van der Waals surface area contributed by atoms with Crippen LogP contribution in [0.4, 0.5) is 5.95 Å². The lowest BCUT2D eigenvalue weighted by Gasteiger charge is -2.09. The first kappa shape index (κ1) is 12.3. The molecule has 0 saturated carbocycles. The molecule has 0 radical (unpaired) electrons. The van der Waals surface area contributed by atoms with Gasteiger partial charge in [0.05, 0.1) is 6.61 Å². The molecule has 0 amide bonds. The topological polar surface area (TPSA) is 58.0 Å². The van der Waals surface area contributed by atoms with E-state index in [9.17, 15) is 0 Å². The molecular weight excluding hydrogens is 210 g/mol. The third kappa shape index (κ3) is 4.05. The molecule has 1 unspecified atom stereocenters. The number of aromatic nitrogens is 2. The van der Waals surface area contributed by atoms with Gasteiger partial charge < -0.3 is 10.4 Å². The first-order valence-electron chi connectivity index (χ1n) is 5.02. The maximum absolute atomic E-state index is 8.96. The Morgan fingerprint density at radius 3 is 2.87 bits per heavy atom. The van der Waals surface area contributed by atoms with Crippen molar-refractivity contribution in [1.82, 2.24) is 9.97 Å². The predicted molar refractivity (Wildman–Crippen MR) is 63.3 cm³/mol. The second kappa shape index (κ2) is 5.92. The van der Waals surface area contributed by atoms with Gasteiger partial charge in [-0.15, -0.1) is 11.8 Å². The number of aliphatic hydroxyl groups excluding tert-OH is 1. The van der Waals surface area contributed by atoms with Crippen LogP contribution in [0.25, 0.3) is 0 Å². The molecule has 0 fully saturated rings. The molecule has 0 bridgehead atoms. The van der Waals surface area contributed by atoms with E-state index < -0.39 is 0 Å². The molecule has 5 heteroatoms. The van der Waals surface area contributed by atoms with Gasteiger partial charge in [-0.3, -0.25) is 0 Å². The summed E-state index contributed by atoms with van der Waals surface area (Å²) in [6.07, 6.45) is 0. The van der Waals surface area contributed by atoms with Gasteiger partial charge in [-0.1, -0.05) is 6.92 Å². The first-order chi connectivity index (χ1) is 7.15. The minimum atomic E-state index is 0.157. The summed E-state index contributed by atoms with van der Waals surface area (Å²) in [4.78, 5) is 8.60. The van der Waals surface area contributed by atoms with Crippen LogP contribution in [-0.4, -0.2) is 33.5 Å². The van der Waals surface area contributed by atoms with Gasteiger partial charge in [0.25, 0.3) is 0 Å². The molecule has 0 spiro atoms. The zero-order valence-electron chi connectivity index (χ0n) is 9.32. The highest BCUT2D eigenvalue weighted by Gasteiger charge is 2.06. The Morgan fingerprint density at radius 2 is 2.27 bits per heavy atom. The van der Waals surface area contributed by atoms with Gasteiger partial charge in [-0.25, -0.2) is 9.97 Å². The maximum Gasteiger partial charge on any atom is 0.223 e. The number of nitrogens with zero attached hydrogens (tertiary/aromatic N) is 2. The Kier molecular flexibility index (Phi) is 4.84. The molecule has 84 valence electrons. The Hall–Kier alpha value is -0.810. The molecule has 0 saturated heterocycles. The molecule has 1 heterocycles. The van der Waals surface area contributed by atoms with Gasteiger partial charge in [0.15, 0.2) is 0 Å². The van der Waals surface area contributed by atoms with E-state index in [-0.39, 0.29) is 11.9 Å². The summed E-state index contributed by atoms with van der Waals surface area (Å²) in [7, 11) is 0. The van der Waals surface area contributed by atoms with Crippen LogP contribution in [0.15, 0.2) is 11.1 Å². The van der Waals surface area contributed by atoms with Crippen LogP contribution in [-0.2, 0) is 0 Å². The molecule has 0 aliphatic heterocycles. The van der Waals surface area contributed by atoms with Crippen molar-refractivity contribution in [2.75, 3.05) is 18.5 Å². The van der Waals surface area contributed by atoms with Crippen LogP contribution in [0.3, 0.4) is 0 Å². The van der Waals surface area contributed by atoms with Gasteiger partial charge in [-0.05, 0) is 19.9 Å². The smallest absolute Gasteiger partial charge is 0.223 e. The zero-order valence-corrected chi connectivity index (χ0v) is 10.1. The largest absolute Gasteiger partial charge is 0.395 e. The molecule has 1 rings (SSSR count). The molecule has 1 aromatic rings. The average molecular weight is 227 g/mol. The highest BCUT2D eigenvalue weighted by Crippen LogP contribution is 2.22. The number of rotatable bonds is 5. The second-order valence-corrected chi connectivity index (χ2v) is 4.77. The lowest BCUT2D eigenvalue weighted by molar-refractivity contribution is 0.300. The van der Waals surface area contributed by atoms with Crippen LogP contribution < -0.4 is 5.32 Å². The Morgan fingerprint density at radius 1 is 1.53 bits per heavy atom. The van der Waals surface area contributed by atoms with E-state index >= 15 is 0 Å². The molecule has 1 aromatic heterocycles. The molecular formula is C10H17N3OS. The van der Waals surface area contributed by atoms with E-state index in [1.165, 1.54) is 0 Å². The average Bonchev–Trinajstić information content (AvgIpc) is 2.17. The molecule has 0 aromatic carbocycles. The van der Waals surface area contributed by atoms with Gasteiger partial charge in [-0.2, -0.15) is 0 Å². The molecule has 15 heavy (non-hydrogen) atoms. The third-order valence-electron chi connectivity index (χ3n) is 1.74. The van der Waals surface area contributed by atoms with Crippen LogP contribution >= 0.6 is 11.8 Å². The van der Waals surface area contributed by atoms with Crippen LogP contribution in [0.1, 0.15) is 19.5 Å². The standard InChI is InChI=1S/C10H17N3OS/c1-4-11-10-12-7(2)5-9(13-10)15-8(3)6-14/h5,8,14H,4,6H2,1-3H3,(H,11,12,13). The molecule has 0 aliphatic rings. The van der Waals surface area contributed by atoms with Crippen molar-refractivity contribution >= 4 is 17.7 Å². The highest BCUT2D eigenvalue weighted by molar-refractivity contribution is 7.99. The summed E-state index contributed by atoms with van der Waals surface area (Å²) in [6.45, 7) is 6.88. The van der Waals surface area contributed by atoms with Gasteiger partial charge >= 0.3 is 0 Å². The fourth-order valence-corrected chi connectivity index (χ4v) is 1.95. The monoisotopic (exact) mass is 227 g/mol. The van der Waals surface area contributed by atoms with Gasteiger partial charge in [0.2, 0.25) is 5.95 Å². The zero-order chi connectivity index (χ0) is 11.3. The number of aliphatic hydroxyl groups is 1. The predicted octanol–water partition coefficient (Wildman–Crippen LogP) is 1.69. The highest BCUT2D eigenvalue weighted by atomic mass is 32.2. The van der Waals surface area contributed by atoms with Crippen LogP contribution in [0, 0.1) is 6.92 Å². The van der Waals surface area contributed by atoms with Gasteiger partial charge in [0.1, 0.15) is 5.03 Å². The van der Waals surface area contributed by atoms with E-state index in [0.29, 0.717) is 5.95 Å². The van der Waals surface area contributed by atoms with Crippen molar-refractivity contribution < 1.29 is 5.11 Å². The van der Waals surface area contributed by atoms with Crippen molar-refractivity contribution in [2.24, 2.45) is 0 Å². The van der Waals surface area contributed by atoms with Crippen molar-refractivity contribution in [3.05, 3.63) is 11.8 Å². The number of hydrogen-bond acceptors (Lipinski definition) is 5. The minimum Gasteiger partial charge on any atom is -0.395 e. The SMILES string of the molecule is CCNc1nc(C)cc(SC(C)CO)n1. The van der Waals surface area contributed by atoms with E-state index in [2.05, 4.69) is 15.3 Å². The third-order valence-corrected chi connectivity index (χ3v) is 2.75. The van der Waals surface area contributed by atoms with E-state index in [1.54, 1.807) is 11.8 Å². The summed E-state index contributed by atoms with van der Waals surface area (Å²) >= 11 is 1.56. The summed E-state index contributed by atoms with van der Waals surface area (Å²) < 4.78 is 0. The van der Waals surface area contributed by atoms with Crippen molar-refractivity contribution in [3.63, 3.8) is 0 Å². The number of thioether (sulfide) groups is 1. The van der Waals surface area contributed by atoms with Crippen molar-refractivity contribution in [3.8, 4) is 0 Å². The van der Waals surface area contributed by atoms with E-state index in [4.69, 9.17) is 5.11 Å². The summed E-state index contributed by atoms with van der Waals surface area (Å²) in [5, 5.41) is 13.1. The van der Waals surface area contributed by atoms with Crippen LogP contribution in [0.2, 0.25) is 0 Å². The Labute approximate surface area is 94.5 Å². The fraction of sp³-hybridized carbons (Fsp3) is 0.600. The Balaban J connectivity index is 2.78. The number of nitrogens with one attached hydrogen (secondary N) is 1. The minimum absolute atomic E-state index is 0.157.